The van der Waals surface area contributed by atoms with E-state index < -0.39 is 20.9 Å². The first kappa shape index (κ1) is 20.9. The van der Waals surface area contributed by atoms with Crippen LogP contribution in [0.15, 0.2) is 59.5 Å². The first-order chi connectivity index (χ1) is 14.3. The lowest BCUT2D eigenvalue weighted by molar-refractivity contribution is 0.581. The van der Waals surface area contributed by atoms with Gasteiger partial charge in [-0.3, -0.25) is 0 Å². The molecular weight excluding hydrogens is 425 g/mol. The van der Waals surface area contributed by atoms with Crippen LogP contribution in [0.25, 0.3) is 0 Å². The number of sulfone groups is 1. The second-order valence-electron chi connectivity index (χ2n) is 7.58. The highest BCUT2D eigenvalue weighted by atomic mass is 35.5. The van der Waals surface area contributed by atoms with E-state index in [9.17, 15) is 12.8 Å². The van der Waals surface area contributed by atoms with Crippen LogP contribution in [0.2, 0.25) is 5.02 Å². The Labute approximate surface area is 181 Å². The molecule has 1 atom stereocenters. The van der Waals surface area contributed by atoms with Gasteiger partial charge in [0.25, 0.3) is 0 Å². The van der Waals surface area contributed by atoms with Gasteiger partial charge in [-0.25, -0.2) is 17.5 Å². The Morgan fingerprint density at radius 1 is 1.17 bits per heavy atom. The summed E-state index contributed by atoms with van der Waals surface area (Å²) in [6.07, 6.45) is 1.33. The van der Waals surface area contributed by atoms with E-state index in [-0.39, 0.29) is 9.92 Å². The van der Waals surface area contributed by atoms with Crippen molar-refractivity contribution in [3.63, 3.8) is 0 Å². The average Bonchev–Trinajstić information content (AvgIpc) is 3.34. The maximum Gasteiger partial charge on any atom is 0.184 e. The Kier molecular flexibility index (Phi) is 5.84. The summed E-state index contributed by atoms with van der Waals surface area (Å²) in [6.45, 7) is 3.61. The lowest BCUT2D eigenvalue weighted by Crippen LogP contribution is -2.28. The maximum absolute atomic E-state index is 13.3. The number of anilines is 1. The van der Waals surface area contributed by atoms with E-state index in [4.69, 9.17) is 11.6 Å². The van der Waals surface area contributed by atoms with Crippen molar-refractivity contribution in [1.82, 2.24) is 9.78 Å². The molecular formula is C22H23ClFN3O2S. The fourth-order valence-corrected chi connectivity index (χ4v) is 6.13. The van der Waals surface area contributed by atoms with Crippen molar-refractivity contribution in [1.29, 1.82) is 0 Å². The Morgan fingerprint density at radius 3 is 2.67 bits per heavy atom. The molecule has 158 valence electrons. The number of hydrogen-bond donors (Lipinski definition) is 0. The Balaban J connectivity index is 1.52. The minimum Gasteiger partial charge on any atom is -0.355 e. The zero-order valence-corrected chi connectivity index (χ0v) is 18.2. The van der Waals surface area contributed by atoms with Crippen molar-refractivity contribution in [2.24, 2.45) is 0 Å². The van der Waals surface area contributed by atoms with Gasteiger partial charge < -0.3 is 4.90 Å². The molecule has 0 saturated carbocycles. The SMILES string of the molecule is Cc1cc(N2CCC(S(=O)(=O)c3ccc(F)cc3Cl)C2)n(CCc2ccccc2)n1. The number of aromatic nitrogens is 2. The van der Waals surface area contributed by atoms with E-state index in [1.165, 1.54) is 11.6 Å². The van der Waals surface area contributed by atoms with Gasteiger partial charge in [-0.1, -0.05) is 41.9 Å². The van der Waals surface area contributed by atoms with Crippen molar-refractivity contribution in [3.8, 4) is 0 Å². The van der Waals surface area contributed by atoms with Crippen molar-refractivity contribution in [2.45, 2.75) is 36.5 Å². The Morgan fingerprint density at radius 2 is 1.93 bits per heavy atom. The van der Waals surface area contributed by atoms with Gasteiger partial charge in [0, 0.05) is 25.7 Å². The molecule has 2 aromatic carbocycles. The van der Waals surface area contributed by atoms with Crippen molar-refractivity contribution >= 4 is 27.3 Å². The zero-order chi connectivity index (χ0) is 21.3. The summed E-state index contributed by atoms with van der Waals surface area (Å²) in [4.78, 5) is 2.05. The van der Waals surface area contributed by atoms with Gasteiger partial charge in [0.05, 0.1) is 20.9 Å². The average molecular weight is 448 g/mol. The van der Waals surface area contributed by atoms with Crippen LogP contribution in [0.5, 0.6) is 0 Å². The fraction of sp³-hybridized carbons (Fsp3) is 0.318. The van der Waals surface area contributed by atoms with Gasteiger partial charge in [-0.15, -0.1) is 0 Å². The van der Waals surface area contributed by atoms with Crippen LogP contribution in [0.4, 0.5) is 10.2 Å². The van der Waals surface area contributed by atoms with Crippen LogP contribution < -0.4 is 4.90 Å². The molecule has 0 aliphatic carbocycles. The number of benzene rings is 2. The Bertz CT molecular complexity index is 1150. The first-order valence-corrected chi connectivity index (χ1v) is 11.8. The quantitative estimate of drug-likeness (QED) is 0.529. The minimum absolute atomic E-state index is 0.00816. The summed E-state index contributed by atoms with van der Waals surface area (Å²) in [5, 5.41) is 3.93. The van der Waals surface area contributed by atoms with Gasteiger partial charge in [-0.05, 0) is 43.5 Å². The molecule has 0 N–H and O–H groups in total. The molecule has 1 aromatic heterocycles. The van der Waals surface area contributed by atoms with Crippen LogP contribution >= 0.6 is 11.6 Å². The highest BCUT2D eigenvalue weighted by Gasteiger charge is 2.36. The molecule has 1 aliphatic heterocycles. The summed E-state index contributed by atoms with van der Waals surface area (Å²) >= 11 is 6.03. The molecule has 0 amide bonds. The summed E-state index contributed by atoms with van der Waals surface area (Å²) in [6, 6.07) is 15.6. The summed E-state index contributed by atoms with van der Waals surface area (Å²) in [5.41, 5.74) is 2.12. The molecule has 1 saturated heterocycles. The normalized spacial score (nSPS) is 16.9. The summed E-state index contributed by atoms with van der Waals surface area (Å²) in [7, 11) is -3.66. The molecule has 30 heavy (non-hydrogen) atoms. The number of aryl methyl sites for hydroxylation is 3. The highest BCUT2D eigenvalue weighted by Crippen LogP contribution is 2.31. The molecule has 1 fully saturated rings. The van der Waals surface area contributed by atoms with Crippen LogP contribution in [0.3, 0.4) is 0 Å². The van der Waals surface area contributed by atoms with Gasteiger partial charge >= 0.3 is 0 Å². The molecule has 0 radical (unpaired) electrons. The maximum atomic E-state index is 13.3. The minimum atomic E-state index is -3.66. The van der Waals surface area contributed by atoms with E-state index in [1.54, 1.807) is 0 Å². The smallest absolute Gasteiger partial charge is 0.184 e. The lowest BCUT2D eigenvalue weighted by atomic mass is 10.1. The summed E-state index contributed by atoms with van der Waals surface area (Å²) in [5.74, 6) is 0.371. The van der Waals surface area contributed by atoms with E-state index in [1.807, 2.05) is 35.9 Å². The molecule has 1 aliphatic rings. The van der Waals surface area contributed by atoms with Gasteiger partial charge in [0.15, 0.2) is 9.84 Å². The van der Waals surface area contributed by atoms with Gasteiger partial charge in [-0.2, -0.15) is 5.10 Å². The molecule has 2 heterocycles. The van der Waals surface area contributed by atoms with Crippen LogP contribution in [-0.4, -0.2) is 36.5 Å². The monoisotopic (exact) mass is 447 g/mol. The first-order valence-electron chi connectivity index (χ1n) is 9.87. The fourth-order valence-electron chi connectivity index (χ4n) is 3.91. The van der Waals surface area contributed by atoms with E-state index in [0.717, 1.165) is 30.1 Å². The molecule has 0 spiro atoms. The van der Waals surface area contributed by atoms with Crippen LogP contribution in [-0.2, 0) is 22.8 Å². The molecule has 5 nitrogen and oxygen atoms in total. The number of rotatable bonds is 6. The molecule has 4 rings (SSSR count). The standard InChI is InChI=1S/C22H23ClFN3O2S/c1-16-13-22(27(25-16)12-9-17-5-3-2-4-6-17)26-11-10-19(15-26)30(28,29)21-8-7-18(24)14-20(21)23/h2-8,13-14,19H,9-12,15H2,1H3. The van der Waals surface area contributed by atoms with E-state index >= 15 is 0 Å². The highest BCUT2D eigenvalue weighted by molar-refractivity contribution is 7.92. The second-order valence-corrected chi connectivity index (χ2v) is 10.2. The second kappa shape index (κ2) is 8.40. The Hall–Kier alpha value is -2.38. The third-order valence-electron chi connectivity index (χ3n) is 5.44. The number of nitrogens with zero attached hydrogens (tertiary/aromatic N) is 3. The molecule has 8 heteroatoms. The van der Waals surface area contributed by atoms with E-state index in [2.05, 4.69) is 22.1 Å². The molecule has 3 aromatic rings. The van der Waals surface area contributed by atoms with Crippen molar-refractivity contribution < 1.29 is 12.8 Å². The predicted molar refractivity (Wildman–Crippen MR) is 116 cm³/mol. The van der Waals surface area contributed by atoms with E-state index in [0.29, 0.717) is 26.1 Å². The summed E-state index contributed by atoms with van der Waals surface area (Å²) < 4.78 is 41.5. The number of hydrogen-bond acceptors (Lipinski definition) is 4. The van der Waals surface area contributed by atoms with Crippen LogP contribution in [0, 0.1) is 12.7 Å². The molecule has 0 bridgehead atoms. The topological polar surface area (TPSA) is 55.2 Å². The third-order valence-corrected chi connectivity index (χ3v) is 8.10. The van der Waals surface area contributed by atoms with Crippen molar-refractivity contribution in [2.75, 3.05) is 18.0 Å². The van der Waals surface area contributed by atoms with Crippen molar-refractivity contribution in [3.05, 3.63) is 76.7 Å². The van der Waals surface area contributed by atoms with Gasteiger partial charge in [0.1, 0.15) is 11.6 Å². The third kappa shape index (κ3) is 4.23. The number of halogens is 2. The van der Waals surface area contributed by atoms with Gasteiger partial charge in [0.2, 0.25) is 0 Å². The predicted octanol–water partition coefficient (Wildman–Crippen LogP) is 4.28. The lowest BCUT2D eigenvalue weighted by Gasteiger charge is -2.20. The molecule has 1 unspecified atom stereocenters. The largest absolute Gasteiger partial charge is 0.355 e. The van der Waals surface area contributed by atoms with Crippen LogP contribution in [0.1, 0.15) is 17.7 Å². The zero-order valence-electron chi connectivity index (χ0n) is 16.6.